The summed E-state index contributed by atoms with van der Waals surface area (Å²) in [7, 11) is 0. The first kappa shape index (κ1) is 11.9. The molecule has 0 unspecified atom stereocenters. The van der Waals surface area contributed by atoms with Gasteiger partial charge in [-0.25, -0.2) is 4.68 Å². The number of benzene rings is 2. The van der Waals surface area contributed by atoms with Crippen molar-refractivity contribution in [2.24, 2.45) is 0 Å². The van der Waals surface area contributed by atoms with Crippen molar-refractivity contribution in [2.45, 2.75) is 19.4 Å². The molecule has 0 aliphatic carbocycles. The predicted octanol–water partition coefficient (Wildman–Crippen LogP) is 2.86. The fourth-order valence-electron chi connectivity index (χ4n) is 2.13. The van der Waals surface area contributed by atoms with E-state index in [0.717, 1.165) is 22.3 Å². The third kappa shape index (κ3) is 2.11. The topological polar surface area (TPSA) is 50.9 Å². The van der Waals surface area contributed by atoms with Gasteiger partial charge in [-0.2, -0.15) is 0 Å². The molecule has 0 aliphatic heterocycles. The minimum absolute atomic E-state index is 0.401. The molecule has 2 aromatic carbocycles. The van der Waals surface area contributed by atoms with Gasteiger partial charge in [0, 0.05) is 0 Å². The molecule has 0 fully saturated rings. The third-order valence-electron chi connectivity index (χ3n) is 3.26. The van der Waals surface area contributed by atoms with E-state index in [1.165, 1.54) is 0 Å². The molecule has 96 valence electrons. The molecule has 4 nitrogen and oxygen atoms in total. The Hall–Kier alpha value is -2.20. The number of para-hydroxylation sites is 1. The minimum atomic E-state index is -0.401. The van der Waals surface area contributed by atoms with Crippen molar-refractivity contribution in [3.05, 3.63) is 54.1 Å². The molecule has 0 aliphatic rings. The summed E-state index contributed by atoms with van der Waals surface area (Å²) in [6.07, 6.45) is 0.313. The SMILES string of the molecule is CC[C@H](O)c1ccc(-n2nnc3ccccc32)cc1. The lowest BCUT2D eigenvalue weighted by Crippen LogP contribution is -1.99. The van der Waals surface area contributed by atoms with Gasteiger partial charge >= 0.3 is 0 Å². The Morgan fingerprint density at radius 2 is 1.84 bits per heavy atom. The number of hydrogen-bond donors (Lipinski definition) is 1. The van der Waals surface area contributed by atoms with E-state index in [9.17, 15) is 5.11 Å². The van der Waals surface area contributed by atoms with Gasteiger partial charge in [0.15, 0.2) is 0 Å². The molecule has 19 heavy (non-hydrogen) atoms. The van der Waals surface area contributed by atoms with Gasteiger partial charge in [0.2, 0.25) is 0 Å². The number of rotatable bonds is 3. The number of hydrogen-bond acceptors (Lipinski definition) is 3. The normalized spacial score (nSPS) is 12.7. The molecule has 3 rings (SSSR count). The summed E-state index contributed by atoms with van der Waals surface area (Å²) in [5.41, 5.74) is 3.72. The summed E-state index contributed by atoms with van der Waals surface area (Å²) in [6.45, 7) is 1.96. The van der Waals surface area contributed by atoms with Gasteiger partial charge in [0.1, 0.15) is 5.52 Å². The first-order chi connectivity index (χ1) is 9.29. The van der Waals surface area contributed by atoms with Crippen molar-refractivity contribution in [1.82, 2.24) is 15.0 Å². The van der Waals surface area contributed by atoms with Crippen molar-refractivity contribution >= 4 is 11.0 Å². The zero-order valence-corrected chi connectivity index (χ0v) is 10.7. The van der Waals surface area contributed by atoms with Gasteiger partial charge in [-0.1, -0.05) is 36.4 Å². The maximum atomic E-state index is 9.79. The van der Waals surface area contributed by atoms with Crippen molar-refractivity contribution in [1.29, 1.82) is 0 Å². The summed E-state index contributed by atoms with van der Waals surface area (Å²) in [5, 5.41) is 18.1. The van der Waals surface area contributed by atoms with Crippen LogP contribution in [0, 0.1) is 0 Å². The van der Waals surface area contributed by atoms with Gasteiger partial charge < -0.3 is 5.11 Å². The summed E-state index contributed by atoms with van der Waals surface area (Å²) < 4.78 is 1.80. The molecule has 3 aromatic rings. The molecule has 0 radical (unpaired) electrons. The Morgan fingerprint density at radius 1 is 1.11 bits per heavy atom. The second kappa shape index (κ2) is 4.82. The standard InChI is InChI=1S/C15H15N3O/c1-2-15(19)11-7-9-12(10-8-11)18-14-6-4-3-5-13(14)16-17-18/h3-10,15,19H,2H2,1H3/t15-/m0/s1. The van der Waals surface area contributed by atoms with Crippen LogP contribution in [0.1, 0.15) is 25.0 Å². The van der Waals surface area contributed by atoms with Crippen LogP contribution in [0.25, 0.3) is 16.7 Å². The van der Waals surface area contributed by atoms with Crippen LogP contribution in [0.2, 0.25) is 0 Å². The Balaban J connectivity index is 2.02. The van der Waals surface area contributed by atoms with Gasteiger partial charge in [0.25, 0.3) is 0 Å². The van der Waals surface area contributed by atoms with Crippen LogP contribution in [0.15, 0.2) is 48.5 Å². The van der Waals surface area contributed by atoms with E-state index in [2.05, 4.69) is 10.3 Å². The zero-order valence-electron chi connectivity index (χ0n) is 10.7. The highest BCUT2D eigenvalue weighted by Gasteiger charge is 2.07. The van der Waals surface area contributed by atoms with Gasteiger partial charge in [0.05, 0.1) is 17.3 Å². The van der Waals surface area contributed by atoms with E-state index < -0.39 is 6.10 Å². The second-order valence-electron chi connectivity index (χ2n) is 4.51. The summed E-state index contributed by atoms with van der Waals surface area (Å²) >= 11 is 0. The monoisotopic (exact) mass is 253 g/mol. The molecule has 0 saturated heterocycles. The Kier molecular flexibility index (Phi) is 3.01. The molecular weight excluding hydrogens is 238 g/mol. The number of aliphatic hydroxyl groups excluding tert-OH is 1. The first-order valence-corrected chi connectivity index (χ1v) is 6.38. The molecule has 1 atom stereocenters. The Bertz CT molecular complexity index is 688. The van der Waals surface area contributed by atoms with Crippen LogP contribution in [0.3, 0.4) is 0 Å². The second-order valence-corrected chi connectivity index (χ2v) is 4.51. The average Bonchev–Trinajstić information content (AvgIpc) is 2.90. The molecule has 4 heteroatoms. The van der Waals surface area contributed by atoms with Crippen molar-refractivity contribution in [3.63, 3.8) is 0 Å². The molecule has 0 bridgehead atoms. The van der Waals surface area contributed by atoms with Crippen LogP contribution < -0.4 is 0 Å². The number of nitrogens with zero attached hydrogens (tertiary/aromatic N) is 3. The van der Waals surface area contributed by atoms with E-state index in [0.29, 0.717) is 6.42 Å². The van der Waals surface area contributed by atoms with Crippen molar-refractivity contribution in [3.8, 4) is 5.69 Å². The third-order valence-corrected chi connectivity index (χ3v) is 3.26. The van der Waals surface area contributed by atoms with Gasteiger partial charge in [-0.3, -0.25) is 0 Å². The van der Waals surface area contributed by atoms with E-state index in [-0.39, 0.29) is 0 Å². The number of aliphatic hydroxyl groups is 1. The highest BCUT2D eigenvalue weighted by Crippen LogP contribution is 2.20. The fourth-order valence-corrected chi connectivity index (χ4v) is 2.13. The molecule has 1 N–H and O–H groups in total. The van der Waals surface area contributed by atoms with E-state index in [1.54, 1.807) is 4.68 Å². The van der Waals surface area contributed by atoms with E-state index in [4.69, 9.17) is 0 Å². The molecule has 0 spiro atoms. The molecule has 0 amide bonds. The van der Waals surface area contributed by atoms with Crippen molar-refractivity contribution < 1.29 is 5.11 Å². The van der Waals surface area contributed by atoms with Crippen LogP contribution in [-0.4, -0.2) is 20.1 Å². The van der Waals surface area contributed by atoms with Crippen molar-refractivity contribution in [2.75, 3.05) is 0 Å². The molecule has 1 heterocycles. The van der Waals surface area contributed by atoms with Crippen LogP contribution in [0.4, 0.5) is 0 Å². The summed E-state index contributed by atoms with van der Waals surface area (Å²) in [6, 6.07) is 15.6. The Morgan fingerprint density at radius 3 is 2.58 bits per heavy atom. The maximum absolute atomic E-state index is 9.79. The van der Waals surface area contributed by atoms with Gasteiger partial charge in [-0.15, -0.1) is 5.10 Å². The lowest BCUT2D eigenvalue weighted by atomic mass is 10.1. The first-order valence-electron chi connectivity index (χ1n) is 6.38. The maximum Gasteiger partial charge on any atom is 0.113 e. The summed E-state index contributed by atoms with van der Waals surface area (Å²) in [5.74, 6) is 0. The highest BCUT2D eigenvalue weighted by molar-refractivity contribution is 5.75. The summed E-state index contributed by atoms with van der Waals surface area (Å²) in [4.78, 5) is 0. The number of aromatic nitrogens is 3. The highest BCUT2D eigenvalue weighted by atomic mass is 16.3. The lowest BCUT2D eigenvalue weighted by Gasteiger charge is -2.09. The largest absolute Gasteiger partial charge is 0.388 e. The lowest BCUT2D eigenvalue weighted by molar-refractivity contribution is 0.173. The molecule has 0 saturated carbocycles. The van der Waals surface area contributed by atoms with Crippen LogP contribution >= 0.6 is 0 Å². The van der Waals surface area contributed by atoms with Gasteiger partial charge in [-0.05, 0) is 36.2 Å². The van der Waals surface area contributed by atoms with E-state index >= 15 is 0 Å². The predicted molar refractivity (Wildman–Crippen MR) is 74.1 cm³/mol. The van der Waals surface area contributed by atoms with Crippen LogP contribution in [-0.2, 0) is 0 Å². The van der Waals surface area contributed by atoms with Crippen LogP contribution in [0.5, 0.6) is 0 Å². The smallest absolute Gasteiger partial charge is 0.113 e. The average molecular weight is 253 g/mol. The minimum Gasteiger partial charge on any atom is -0.388 e. The number of fused-ring (bicyclic) bond motifs is 1. The zero-order chi connectivity index (χ0) is 13.2. The molecular formula is C15H15N3O. The molecule has 1 aromatic heterocycles. The fraction of sp³-hybridized carbons (Fsp3) is 0.200. The quantitative estimate of drug-likeness (QED) is 0.780. The Labute approximate surface area is 111 Å². The van der Waals surface area contributed by atoms with E-state index in [1.807, 2.05) is 55.5 Å².